The molecule has 5 rings (SSSR count). The average molecular weight is 870 g/mol. The Bertz CT molecular complexity index is 1650. The highest BCUT2D eigenvalue weighted by atomic mass is 79.9. The van der Waals surface area contributed by atoms with Crippen LogP contribution < -0.4 is 5.73 Å². The van der Waals surface area contributed by atoms with Crippen molar-refractivity contribution in [2.45, 2.75) is 32.1 Å². The molecular formula is C36H45BrN4O16. The number of halogens is 1. The van der Waals surface area contributed by atoms with E-state index in [1.165, 1.54) is 21.3 Å². The number of carbonyl (C=O) groups is 8. The Hall–Kier alpha value is -5.48. The SMILES string of the molecule is COC(=O)CBr.COC(=O)CON1C[C@@H](CC(=O)OCc2ccccc2)C1=O.COC(=O)CON1C[C@@H](N)C1=O.O=C(C[C@@H]1CN(O)C1=O)OCc1ccccc1. The van der Waals surface area contributed by atoms with Gasteiger partial charge >= 0.3 is 29.8 Å². The molecule has 3 atom stereocenters. The zero-order chi connectivity index (χ0) is 42.3. The summed E-state index contributed by atoms with van der Waals surface area (Å²) in [6.07, 6.45) is 0.0342. The molecule has 0 spiro atoms. The van der Waals surface area contributed by atoms with Crippen LogP contribution in [0.4, 0.5) is 0 Å². The van der Waals surface area contributed by atoms with Crippen LogP contribution in [0.25, 0.3) is 0 Å². The fourth-order valence-corrected chi connectivity index (χ4v) is 4.55. The van der Waals surface area contributed by atoms with Crippen molar-refractivity contribution in [2.75, 3.05) is 59.5 Å². The highest BCUT2D eigenvalue weighted by Crippen LogP contribution is 2.22. The lowest BCUT2D eigenvalue weighted by atomic mass is 9.98. The highest BCUT2D eigenvalue weighted by molar-refractivity contribution is 9.09. The molecule has 3 heterocycles. The number of amides is 3. The van der Waals surface area contributed by atoms with E-state index in [4.69, 9.17) is 30.1 Å². The smallest absolute Gasteiger partial charge is 0.334 e. The lowest BCUT2D eigenvalue weighted by Crippen LogP contribution is -2.60. The van der Waals surface area contributed by atoms with E-state index in [0.717, 1.165) is 21.3 Å². The van der Waals surface area contributed by atoms with Crippen LogP contribution in [0.5, 0.6) is 0 Å². The molecule has 2 aromatic carbocycles. The van der Waals surface area contributed by atoms with Crippen molar-refractivity contribution in [3.63, 3.8) is 0 Å². The Labute approximate surface area is 335 Å². The van der Waals surface area contributed by atoms with Gasteiger partial charge in [-0.1, -0.05) is 76.6 Å². The maximum Gasteiger partial charge on any atom is 0.334 e. The normalized spacial score (nSPS) is 17.5. The molecule has 2 aromatic rings. The molecule has 3 aliphatic rings. The second kappa shape index (κ2) is 25.6. The van der Waals surface area contributed by atoms with E-state index in [-0.39, 0.29) is 75.5 Å². The summed E-state index contributed by atoms with van der Waals surface area (Å²) in [7, 11) is 3.83. The van der Waals surface area contributed by atoms with Crippen molar-refractivity contribution in [1.82, 2.24) is 15.2 Å². The molecule has 0 unspecified atom stereocenters. The first-order chi connectivity index (χ1) is 27.2. The first-order valence-corrected chi connectivity index (χ1v) is 18.1. The third-order valence-corrected chi connectivity index (χ3v) is 8.14. The third kappa shape index (κ3) is 17.5. The number of carbonyl (C=O) groups excluding carboxylic acids is 8. The summed E-state index contributed by atoms with van der Waals surface area (Å²) in [5.74, 6) is -4.13. The Balaban J connectivity index is 0.000000285. The molecule has 0 saturated carbocycles. The average Bonchev–Trinajstić information content (AvgIpc) is 3.24. The van der Waals surface area contributed by atoms with Crippen LogP contribution in [0.3, 0.4) is 0 Å². The first kappa shape index (κ1) is 47.7. The molecule has 20 nitrogen and oxygen atoms in total. The van der Waals surface area contributed by atoms with Gasteiger partial charge in [-0.05, 0) is 11.1 Å². The largest absolute Gasteiger partial charge is 0.468 e. The third-order valence-electron chi connectivity index (χ3n) is 7.68. The number of alkyl halides is 1. The van der Waals surface area contributed by atoms with Crippen LogP contribution in [0.15, 0.2) is 60.7 Å². The summed E-state index contributed by atoms with van der Waals surface area (Å²) in [6.45, 7) is 0.611. The summed E-state index contributed by atoms with van der Waals surface area (Å²) in [6, 6.07) is 18.1. The molecule has 312 valence electrons. The van der Waals surface area contributed by atoms with Crippen LogP contribution in [-0.2, 0) is 84.9 Å². The van der Waals surface area contributed by atoms with E-state index in [1.807, 2.05) is 60.7 Å². The maximum absolute atomic E-state index is 11.7. The molecule has 0 radical (unpaired) electrons. The topological polar surface area (TPSA) is 257 Å². The fourth-order valence-electron chi connectivity index (χ4n) is 4.32. The summed E-state index contributed by atoms with van der Waals surface area (Å²) in [5, 5.41) is 11.8. The van der Waals surface area contributed by atoms with E-state index >= 15 is 0 Å². The van der Waals surface area contributed by atoms with Gasteiger partial charge in [0, 0.05) is 0 Å². The molecule has 0 aliphatic carbocycles. The fraction of sp³-hybridized carbons (Fsp3) is 0.444. The molecular weight excluding hydrogens is 824 g/mol. The summed E-state index contributed by atoms with van der Waals surface area (Å²) >= 11 is 2.90. The number of hydrogen-bond donors (Lipinski definition) is 2. The summed E-state index contributed by atoms with van der Waals surface area (Å²) < 4.78 is 23.0. The van der Waals surface area contributed by atoms with Crippen molar-refractivity contribution in [2.24, 2.45) is 17.6 Å². The van der Waals surface area contributed by atoms with E-state index in [9.17, 15) is 38.4 Å². The number of nitrogens with two attached hydrogens (primary N) is 1. The van der Waals surface area contributed by atoms with Crippen molar-refractivity contribution < 1.29 is 76.9 Å². The van der Waals surface area contributed by atoms with Crippen LogP contribution in [0.2, 0.25) is 0 Å². The predicted octanol–water partition coefficient (Wildman–Crippen LogP) is 0.465. The van der Waals surface area contributed by atoms with Gasteiger partial charge in [-0.25, -0.2) is 24.8 Å². The van der Waals surface area contributed by atoms with Gasteiger partial charge < -0.3 is 29.4 Å². The molecule has 0 aromatic heterocycles. The lowest BCUT2D eigenvalue weighted by molar-refractivity contribution is -0.224. The molecule has 21 heteroatoms. The number of hydrogen-bond acceptors (Lipinski definition) is 17. The minimum Gasteiger partial charge on any atom is -0.468 e. The van der Waals surface area contributed by atoms with E-state index < -0.39 is 47.7 Å². The number of hydroxylamine groups is 6. The molecule has 57 heavy (non-hydrogen) atoms. The zero-order valence-corrected chi connectivity index (χ0v) is 33.0. The number of nitrogens with zero attached hydrogens (tertiary/aromatic N) is 3. The Morgan fingerprint density at radius 2 is 1.05 bits per heavy atom. The molecule has 0 bridgehead atoms. The predicted molar refractivity (Wildman–Crippen MR) is 195 cm³/mol. The lowest BCUT2D eigenvalue weighted by Gasteiger charge is -2.35. The standard InChI is InChI=1S/C15H17NO6.C12H13NO4.C6H10N2O4.C3H5BrO2/c1-20-14(18)10-22-16-8-12(15(16)19)7-13(17)21-9-11-5-3-2-4-6-11;14-11(6-10-7-13(16)12(10)15)17-8-9-4-2-1-3-5-9;1-11-5(9)3-12-8-2-4(7)6(8)10;1-6-3(5)2-4/h2-6,12H,7-10H2,1H3;1-5,10,16H,6-8H2;4H,2-3,7H2,1H3;2H2,1H3/t12-;10-;4-;/m111./s1. The van der Waals surface area contributed by atoms with E-state index in [2.05, 4.69) is 30.1 Å². The van der Waals surface area contributed by atoms with E-state index in [1.54, 1.807) is 0 Å². The zero-order valence-electron chi connectivity index (χ0n) is 31.4. The second-order valence-corrected chi connectivity index (χ2v) is 12.4. The van der Waals surface area contributed by atoms with E-state index in [0.29, 0.717) is 11.6 Å². The Morgan fingerprint density at radius 3 is 1.37 bits per heavy atom. The quantitative estimate of drug-likeness (QED) is 0.0811. The molecule has 3 amide bonds. The molecule has 3 fully saturated rings. The number of rotatable bonds is 15. The molecule has 3 saturated heterocycles. The Morgan fingerprint density at radius 1 is 0.632 bits per heavy atom. The second-order valence-electron chi connectivity index (χ2n) is 11.8. The molecule has 3 N–H and O–H groups in total. The van der Waals surface area contributed by atoms with Gasteiger partial charge in [0.15, 0.2) is 13.2 Å². The van der Waals surface area contributed by atoms with Gasteiger partial charge in [0.1, 0.15) is 24.6 Å². The van der Waals surface area contributed by atoms with Gasteiger partial charge in [-0.3, -0.25) is 43.6 Å². The Kier molecular flexibility index (Phi) is 21.4. The van der Waals surface area contributed by atoms with Crippen LogP contribution in [-0.4, -0.2) is 134 Å². The number of benzene rings is 2. The van der Waals surface area contributed by atoms with Crippen LogP contribution in [0.1, 0.15) is 24.0 Å². The van der Waals surface area contributed by atoms with Gasteiger partial charge in [-0.2, -0.15) is 0 Å². The highest BCUT2D eigenvalue weighted by Gasteiger charge is 2.40. The summed E-state index contributed by atoms with van der Waals surface area (Å²) in [5.41, 5.74) is 7.06. The number of β-lactam (4-membered cyclic amide) rings is 3. The summed E-state index contributed by atoms with van der Waals surface area (Å²) in [4.78, 5) is 97.6. The number of esters is 5. The first-order valence-electron chi connectivity index (χ1n) is 17.0. The van der Waals surface area contributed by atoms with Crippen LogP contribution in [0, 0.1) is 11.8 Å². The van der Waals surface area contributed by atoms with Crippen LogP contribution >= 0.6 is 15.9 Å². The minimum atomic E-state index is -0.571. The number of methoxy groups -OCH3 is 3. The monoisotopic (exact) mass is 868 g/mol. The van der Waals surface area contributed by atoms with Crippen molar-refractivity contribution >= 4 is 63.5 Å². The van der Waals surface area contributed by atoms with Gasteiger partial charge in [0.05, 0.1) is 65.6 Å². The van der Waals surface area contributed by atoms with Gasteiger partial charge in [0.2, 0.25) is 0 Å². The van der Waals surface area contributed by atoms with Crippen molar-refractivity contribution in [3.05, 3.63) is 71.8 Å². The maximum atomic E-state index is 11.7. The van der Waals surface area contributed by atoms with Gasteiger partial charge in [-0.15, -0.1) is 0 Å². The number of ether oxygens (including phenoxy) is 5. The molecule has 3 aliphatic heterocycles. The van der Waals surface area contributed by atoms with Crippen molar-refractivity contribution in [3.8, 4) is 0 Å². The minimum absolute atomic E-state index is 0.00372. The van der Waals surface area contributed by atoms with Crippen molar-refractivity contribution in [1.29, 1.82) is 0 Å². The van der Waals surface area contributed by atoms with Gasteiger partial charge in [0.25, 0.3) is 17.7 Å².